The molecule has 0 atom stereocenters. The van der Waals surface area contributed by atoms with Gasteiger partial charge in [-0.15, -0.1) is 0 Å². The normalized spacial score (nSPS) is 11.1. The molecule has 0 bridgehead atoms. The zero-order valence-electron chi connectivity index (χ0n) is 12.5. The van der Waals surface area contributed by atoms with Crippen LogP contribution in [0.2, 0.25) is 10.0 Å². The Morgan fingerprint density at radius 3 is 2.50 bits per heavy atom. The van der Waals surface area contributed by atoms with Gasteiger partial charge >= 0.3 is 0 Å². The number of nitrogens with one attached hydrogen (secondary N) is 1. The molecule has 0 unspecified atom stereocenters. The minimum absolute atomic E-state index is 0.385. The van der Waals surface area contributed by atoms with E-state index in [1.54, 1.807) is 18.3 Å². The van der Waals surface area contributed by atoms with Crippen molar-refractivity contribution in [2.45, 2.75) is 0 Å². The molecule has 8 heteroatoms. The van der Waals surface area contributed by atoms with Gasteiger partial charge in [-0.1, -0.05) is 53.5 Å². The lowest BCUT2D eigenvalue weighted by Crippen LogP contribution is -1.95. The van der Waals surface area contributed by atoms with Crippen LogP contribution >= 0.6 is 35.4 Å². The van der Waals surface area contributed by atoms with E-state index in [1.807, 2.05) is 30.3 Å². The van der Waals surface area contributed by atoms with E-state index in [0.717, 1.165) is 5.56 Å². The molecule has 24 heavy (non-hydrogen) atoms. The van der Waals surface area contributed by atoms with Gasteiger partial charge in [-0.25, -0.2) is 5.10 Å². The minimum atomic E-state index is 0.385. The molecule has 1 heterocycles. The standard InChI is InChI=1S/C16H12Cl2N4OS/c1-23-14-12(17)7-10(8-13(14)18)9-19-22-15(20-21-16(22)24)11-5-3-2-4-6-11/h2-9H,1H3,(H,21,24)/b19-9-. The zero-order valence-corrected chi connectivity index (χ0v) is 14.9. The largest absolute Gasteiger partial charge is 0.494 e. The fraction of sp³-hybridized carbons (Fsp3) is 0.0625. The molecule has 1 N–H and O–H groups in total. The highest BCUT2D eigenvalue weighted by Crippen LogP contribution is 2.33. The van der Waals surface area contributed by atoms with E-state index in [0.29, 0.717) is 32.0 Å². The van der Waals surface area contributed by atoms with Crippen molar-refractivity contribution in [3.8, 4) is 17.1 Å². The summed E-state index contributed by atoms with van der Waals surface area (Å²) in [6, 6.07) is 13.0. The molecule has 0 spiro atoms. The molecule has 0 radical (unpaired) electrons. The first-order valence-corrected chi connectivity index (χ1v) is 8.07. The number of hydrogen-bond acceptors (Lipinski definition) is 4. The molecule has 3 rings (SSSR count). The molecule has 122 valence electrons. The van der Waals surface area contributed by atoms with Crippen LogP contribution in [0, 0.1) is 4.77 Å². The van der Waals surface area contributed by atoms with E-state index < -0.39 is 0 Å². The van der Waals surface area contributed by atoms with Gasteiger partial charge in [-0.2, -0.15) is 14.9 Å². The maximum Gasteiger partial charge on any atom is 0.216 e. The fourth-order valence-corrected chi connectivity index (χ4v) is 2.98. The summed E-state index contributed by atoms with van der Waals surface area (Å²) in [7, 11) is 1.51. The van der Waals surface area contributed by atoms with Crippen molar-refractivity contribution in [3.63, 3.8) is 0 Å². The van der Waals surface area contributed by atoms with Gasteiger partial charge in [0.2, 0.25) is 4.77 Å². The van der Waals surface area contributed by atoms with Crippen LogP contribution < -0.4 is 4.74 Å². The third kappa shape index (κ3) is 3.36. The first kappa shape index (κ1) is 16.7. The Bertz CT molecular complexity index is 927. The quantitative estimate of drug-likeness (QED) is 0.523. The van der Waals surface area contributed by atoms with Crippen LogP contribution in [-0.2, 0) is 0 Å². The number of rotatable bonds is 4. The van der Waals surface area contributed by atoms with Crippen molar-refractivity contribution < 1.29 is 4.74 Å². The predicted molar refractivity (Wildman–Crippen MR) is 98.9 cm³/mol. The second kappa shape index (κ2) is 7.17. The number of aromatic nitrogens is 3. The number of H-pyrrole nitrogens is 1. The van der Waals surface area contributed by atoms with Gasteiger partial charge < -0.3 is 4.74 Å². The number of halogens is 2. The van der Waals surface area contributed by atoms with Gasteiger partial charge in [-0.05, 0) is 29.9 Å². The molecule has 5 nitrogen and oxygen atoms in total. The van der Waals surface area contributed by atoms with E-state index in [-0.39, 0.29) is 0 Å². The molecule has 1 aromatic heterocycles. The van der Waals surface area contributed by atoms with E-state index in [4.69, 9.17) is 40.2 Å². The average molecular weight is 379 g/mol. The summed E-state index contributed by atoms with van der Waals surface area (Å²) in [6.45, 7) is 0. The van der Waals surface area contributed by atoms with Gasteiger partial charge in [0.1, 0.15) is 0 Å². The predicted octanol–water partition coefficient (Wildman–Crippen LogP) is 4.81. The summed E-state index contributed by atoms with van der Waals surface area (Å²) in [5, 5.41) is 12.2. The van der Waals surface area contributed by atoms with E-state index in [2.05, 4.69) is 15.3 Å². The number of nitrogens with zero attached hydrogens (tertiary/aromatic N) is 3. The molecule has 0 saturated heterocycles. The monoisotopic (exact) mass is 378 g/mol. The van der Waals surface area contributed by atoms with Crippen molar-refractivity contribution in [1.29, 1.82) is 0 Å². The Kier molecular flexibility index (Phi) is 4.99. The van der Waals surface area contributed by atoms with Crippen molar-refractivity contribution in [3.05, 3.63) is 62.8 Å². The maximum atomic E-state index is 6.14. The molecule has 0 aliphatic carbocycles. The molecule has 3 aromatic rings. The minimum Gasteiger partial charge on any atom is -0.494 e. The van der Waals surface area contributed by atoms with E-state index >= 15 is 0 Å². The smallest absolute Gasteiger partial charge is 0.216 e. The number of aromatic amines is 1. The van der Waals surface area contributed by atoms with Crippen LogP contribution in [0.4, 0.5) is 0 Å². The summed E-state index contributed by atoms with van der Waals surface area (Å²) in [6.07, 6.45) is 1.61. The maximum absolute atomic E-state index is 6.14. The van der Waals surface area contributed by atoms with E-state index in [9.17, 15) is 0 Å². The Morgan fingerprint density at radius 1 is 1.21 bits per heavy atom. The van der Waals surface area contributed by atoms with Crippen molar-refractivity contribution in [2.75, 3.05) is 7.11 Å². The Labute approximate surface area is 153 Å². The molecular formula is C16H12Cl2N4OS. The SMILES string of the molecule is COc1c(Cl)cc(/C=N\n2c(-c3ccccc3)n[nH]c2=S)cc1Cl. The Hall–Kier alpha value is -2.15. The first-order valence-electron chi connectivity index (χ1n) is 6.90. The highest BCUT2D eigenvalue weighted by molar-refractivity contribution is 7.71. The molecule has 0 amide bonds. The molecule has 0 aliphatic heterocycles. The summed E-state index contributed by atoms with van der Waals surface area (Å²) in [4.78, 5) is 0. The summed E-state index contributed by atoms with van der Waals surface area (Å²) in [5.41, 5.74) is 1.61. The number of methoxy groups -OCH3 is 1. The molecular weight excluding hydrogens is 367 g/mol. The van der Waals surface area contributed by atoms with Crippen LogP contribution in [-0.4, -0.2) is 28.2 Å². The summed E-state index contributed by atoms with van der Waals surface area (Å²) >= 11 is 17.5. The van der Waals surface area contributed by atoms with Crippen LogP contribution in [0.1, 0.15) is 5.56 Å². The van der Waals surface area contributed by atoms with Crippen LogP contribution in [0.25, 0.3) is 11.4 Å². The Morgan fingerprint density at radius 2 is 1.88 bits per heavy atom. The molecule has 2 aromatic carbocycles. The third-order valence-electron chi connectivity index (χ3n) is 3.23. The van der Waals surface area contributed by atoms with Crippen molar-refractivity contribution >= 4 is 41.6 Å². The van der Waals surface area contributed by atoms with Gasteiger partial charge in [0.05, 0.1) is 23.4 Å². The van der Waals surface area contributed by atoms with Crippen LogP contribution in [0.15, 0.2) is 47.6 Å². The fourth-order valence-electron chi connectivity index (χ4n) is 2.15. The summed E-state index contributed by atoms with van der Waals surface area (Å²) < 4.78 is 7.06. The topological polar surface area (TPSA) is 55.2 Å². The number of hydrogen-bond donors (Lipinski definition) is 1. The van der Waals surface area contributed by atoms with Crippen molar-refractivity contribution in [1.82, 2.24) is 14.9 Å². The lowest BCUT2D eigenvalue weighted by Gasteiger charge is -2.06. The lowest BCUT2D eigenvalue weighted by molar-refractivity contribution is 0.415. The highest BCUT2D eigenvalue weighted by Gasteiger charge is 2.09. The summed E-state index contributed by atoms with van der Waals surface area (Å²) in [5.74, 6) is 1.04. The zero-order chi connectivity index (χ0) is 17.1. The van der Waals surface area contributed by atoms with Crippen LogP contribution in [0.3, 0.4) is 0 Å². The second-order valence-corrected chi connectivity index (χ2v) is 5.99. The Balaban J connectivity index is 1.99. The van der Waals surface area contributed by atoms with Gasteiger partial charge in [0, 0.05) is 5.56 Å². The molecule has 0 fully saturated rings. The third-order valence-corrected chi connectivity index (χ3v) is 4.06. The first-order chi connectivity index (χ1) is 11.6. The molecule has 0 aliphatic rings. The highest BCUT2D eigenvalue weighted by atomic mass is 35.5. The number of benzene rings is 2. The van der Waals surface area contributed by atoms with Gasteiger partial charge in [0.25, 0.3) is 0 Å². The van der Waals surface area contributed by atoms with E-state index in [1.165, 1.54) is 11.8 Å². The average Bonchev–Trinajstić information content (AvgIpc) is 2.94. The second-order valence-electron chi connectivity index (χ2n) is 4.79. The van der Waals surface area contributed by atoms with Crippen LogP contribution in [0.5, 0.6) is 5.75 Å². The van der Waals surface area contributed by atoms with Gasteiger partial charge in [0.15, 0.2) is 11.6 Å². The lowest BCUT2D eigenvalue weighted by atomic mass is 10.2. The van der Waals surface area contributed by atoms with Gasteiger partial charge in [-0.3, -0.25) is 0 Å². The number of ether oxygens (including phenoxy) is 1. The molecule has 0 saturated carbocycles. The van der Waals surface area contributed by atoms with Crippen molar-refractivity contribution in [2.24, 2.45) is 5.10 Å².